The van der Waals surface area contributed by atoms with Gasteiger partial charge in [0.25, 0.3) is 0 Å². The van der Waals surface area contributed by atoms with E-state index >= 15 is 0 Å². The maximum absolute atomic E-state index is 12.9. The number of nitrogens with zero attached hydrogens (tertiary/aromatic N) is 1. The van der Waals surface area contributed by atoms with Crippen molar-refractivity contribution in [2.45, 2.75) is 49.5 Å². The molecule has 5 heteroatoms. The molecule has 5 nitrogen and oxygen atoms in total. The number of amides is 1. The summed E-state index contributed by atoms with van der Waals surface area (Å²) in [7, 11) is 1.39. The summed E-state index contributed by atoms with van der Waals surface area (Å²) in [6, 6.07) is 7.77. The van der Waals surface area contributed by atoms with Crippen molar-refractivity contribution in [2.24, 2.45) is 4.99 Å². The fraction of sp³-hybridized carbons (Fsp3) is 0.118. The SMILES string of the molecule is COC(=O)[C@@H](Cc1ccc(N=C2CCC34c5c6c7c8c9c%10c(c%11c%12c3c3c5c5c%13c6c6c7c7c9c9c%14c%10c%10c%11c%11c%12c%12c3c3c5c5c%13c%13c6c6c7c9c7c9c%14c%10c%10c%11c%11c%12c3c3c5c5c%13c6c7c6c9c%10c%11c3c56)C84C2)cc1)NC(C)=O. The molecule has 0 aliphatic heterocycles. The monoisotopic (exact) mass is 1010 g/mol. The molecule has 1 N–H and O–H groups in total. The van der Waals surface area contributed by atoms with Crippen molar-refractivity contribution in [3.05, 3.63) is 52.1 Å². The molecule has 2 spiro atoms. The maximum atomic E-state index is 12.9. The third kappa shape index (κ3) is 2.03. The Balaban J connectivity index is 0.910. The molecule has 352 valence electrons. The van der Waals surface area contributed by atoms with Crippen LogP contribution >= 0.6 is 0 Å². The van der Waals surface area contributed by atoms with Crippen molar-refractivity contribution >= 4 is 314 Å². The Bertz CT molecular complexity index is 7690. The van der Waals surface area contributed by atoms with Gasteiger partial charge in [0, 0.05) is 36.3 Å². The standard InChI is InChI=1S/C76H20N2O3/c1-11(79)77-15(74(80)81-2)9-12-3-5-13(6-4-12)78-14-7-8-75-70-62-54-44-34-26-18-16-17-20-24-22(18)30-38-32(24)42-36-28(20)29-21(17)25-23-19(16)27(26)35-41-31(23)39-33(25)43-37(29)47-46(36)56-50(42)60-52(38)58(48(54)40(30)34)64(70)66(60)72-68(56)69-57(47)51(43)61-53(39)59-49(41)55(45(35)44)63(62)71(75)65(59)67(61)73(69)76(72,75)10-14/h3-6,15H,7-10H2,1-2H3,(H,77,79)/t15-,75?,76?/m1/s1. The van der Waals surface area contributed by atoms with Crippen molar-refractivity contribution < 1.29 is 14.3 Å². The lowest BCUT2D eigenvalue weighted by Gasteiger charge is -2.57. The largest absolute Gasteiger partial charge is 0.467 e. The summed E-state index contributed by atoms with van der Waals surface area (Å²) in [6.07, 6.45) is 3.23. The summed E-state index contributed by atoms with van der Waals surface area (Å²) in [5.74, 6) is -0.681. The molecule has 0 aromatic heterocycles. The summed E-state index contributed by atoms with van der Waals surface area (Å²) in [5.41, 5.74) is 9.49. The number of carbonyl (C=O) groups is 2. The van der Waals surface area contributed by atoms with E-state index in [9.17, 15) is 9.59 Å². The predicted octanol–water partition coefficient (Wildman–Crippen LogP) is 18.5. The van der Waals surface area contributed by atoms with E-state index in [4.69, 9.17) is 9.73 Å². The molecule has 0 bridgehead atoms. The van der Waals surface area contributed by atoms with Crippen LogP contribution in [0, 0.1) is 0 Å². The minimum absolute atomic E-state index is 0.246. The zero-order chi connectivity index (χ0) is 49.7. The van der Waals surface area contributed by atoms with E-state index < -0.39 is 12.0 Å². The van der Waals surface area contributed by atoms with Gasteiger partial charge in [0.2, 0.25) is 5.91 Å². The Labute approximate surface area is 445 Å². The van der Waals surface area contributed by atoms with Crippen molar-refractivity contribution in [2.75, 3.05) is 7.11 Å². The first-order valence-corrected chi connectivity index (χ1v) is 29.8. The third-order valence-corrected chi connectivity index (χ3v) is 27.5. The number of esters is 1. The van der Waals surface area contributed by atoms with E-state index in [-0.39, 0.29) is 16.7 Å². The van der Waals surface area contributed by atoms with Gasteiger partial charge >= 0.3 is 5.97 Å². The van der Waals surface area contributed by atoms with Crippen LogP contribution in [-0.2, 0) is 31.6 Å². The first-order valence-electron chi connectivity index (χ1n) is 29.8. The number of hydrogen-bond acceptors (Lipinski definition) is 4. The first-order chi connectivity index (χ1) is 40.0. The van der Waals surface area contributed by atoms with Crippen LogP contribution in [0.4, 0.5) is 5.69 Å². The first kappa shape index (κ1) is 33.0. The van der Waals surface area contributed by atoms with E-state index in [1.807, 2.05) is 0 Å². The highest BCUT2D eigenvalue weighted by atomic mass is 16.5. The van der Waals surface area contributed by atoms with Gasteiger partial charge in [-0.25, -0.2) is 4.79 Å². The third-order valence-electron chi connectivity index (χ3n) is 27.5. The van der Waals surface area contributed by atoms with Crippen LogP contribution in [-0.4, -0.2) is 30.7 Å². The Hall–Kier alpha value is -9.71. The zero-order valence-corrected chi connectivity index (χ0v) is 42.4. The molecule has 29 aromatic carbocycles. The van der Waals surface area contributed by atoms with Crippen LogP contribution in [0.2, 0.25) is 0 Å². The number of ether oxygens (including phenoxy) is 1. The van der Waals surface area contributed by atoms with Gasteiger partial charge < -0.3 is 10.1 Å². The van der Waals surface area contributed by atoms with Crippen LogP contribution in [0.3, 0.4) is 0 Å². The molecule has 0 saturated heterocycles. The molecule has 1 atom stereocenters. The molecular formula is C76H20N2O3. The van der Waals surface area contributed by atoms with Gasteiger partial charge in [0.05, 0.1) is 12.8 Å². The second-order valence-electron chi connectivity index (χ2n) is 28.6. The van der Waals surface area contributed by atoms with E-state index in [2.05, 4.69) is 29.6 Å². The van der Waals surface area contributed by atoms with E-state index in [1.54, 1.807) is 313 Å². The summed E-state index contributed by atoms with van der Waals surface area (Å²) in [4.78, 5) is 31.0. The minimum atomic E-state index is -0.748. The number of carbonyl (C=O) groups excluding carboxylic acids is 2. The van der Waals surface area contributed by atoms with Crippen molar-refractivity contribution in [1.29, 1.82) is 0 Å². The molecule has 1 fully saturated rings. The molecule has 0 heterocycles. The fourth-order valence-electron chi connectivity index (χ4n) is 26.9. The summed E-state index contributed by atoms with van der Waals surface area (Å²) >= 11 is 0. The van der Waals surface area contributed by atoms with E-state index in [0.29, 0.717) is 6.42 Å². The van der Waals surface area contributed by atoms with Crippen LogP contribution in [0.1, 0.15) is 54.0 Å². The van der Waals surface area contributed by atoms with Gasteiger partial charge in [-0.3, -0.25) is 9.79 Å². The molecule has 0 unspecified atom stereocenters. The molecule has 1 saturated carbocycles. The van der Waals surface area contributed by atoms with Crippen LogP contribution < -0.4 is 5.32 Å². The zero-order valence-electron chi connectivity index (χ0n) is 42.4. The van der Waals surface area contributed by atoms with Gasteiger partial charge in [0.15, 0.2) is 0 Å². The van der Waals surface area contributed by atoms with E-state index in [0.717, 1.165) is 30.5 Å². The van der Waals surface area contributed by atoms with Crippen LogP contribution in [0.5, 0.6) is 0 Å². The second-order valence-corrected chi connectivity index (χ2v) is 28.6. The lowest BCUT2D eigenvalue weighted by Crippen LogP contribution is -2.55. The average molecular weight is 1010 g/mol. The lowest BCUT2D eigenvalue weighted by molar-refractivity contribution is -0.144. The Morgan fingerprint density at radius 3 is 0.889 bits per heavy atom. The normalized spacial score (nSPS) is 22.0. The lowest BCUT2D eigenvalue weighted by atomic mass is 9.43. The number of methoxy groups -OCH3 is 1. The van der Waals surface area contributed by atoms with Gasteiger partial charge in [-0.15, -0.1) is 0 Å². The van der Waals surface area contributed by atoms with E-state index in [1.165, 1.54) is 19.7 Å². The molecule has 34 rings (SSSR count). The quantitative estimate of drug-likeness (QED) is 0.138. The maximum Gasteiger partial charge on any atom is 0.328 e. The summed E-state index contributed by atoms with van der Waals surface area (Å²) in [6.45, 7) is 1.45. The molecular weight excluding hydrogens is 989 g/mol. The number of rotatable bonds is 5. The van der Waals surface area contributed by atoms with Crippen LogP contribution in [0.15, 0.2) is 29.3 Å². The smallest absolute Gasteiger partial charge is 0.328 e. The Morgan fingerprint density at radius 1 is 0.395 bits per heavy atom. The molecule has 29 aromatic rings. The average Bonchev–Trinajstić information content (AvgIpc) is 1.40. The Morgan fingerprint density at radius 2 is 0.642 bits per heavy atom. The van der Waals surface area contributed by atoms with Gasteiger partial charge in [0.1, 0.15) is 6.04 Å². The molecule has 1 amide bonds. The molecule has 0 radical (unpaired) electrons. The molecule has 5 aliphatic rings. The summed E-state index contributed by atoms with van der Waals surface area (Å²) < 4.78 is 5.13. The number of aliphatic imine (C=N–C) groups is 1. The van der Waals surface area contributed by atoms with Gasteiger partial charge in [-0.1, -0.05) is 12.1 Å². The van der Waals surface area contributed by atoms with Crippen molar-refractivity contribution in [3.8, 4) is 0 Å². The highest BCUT2D eigenvalue weighted by Gasteiger charge is 2.70. The topological polar surface area (TPSA) is 67.8 Å². The highest BCUT2D eigenvalue weighted by Crippen LogP contribution is 2.86. The molecule has 5 aliphatic carbocycles. The number of benzene rings is 19. The number of nitrogens with one attached hydrogen (secondary N) is 1. The highest BCUT2D eigenvalue weighted by molar-refractivity contribution is 6.82. The summed E-state index contributed by atoms with van der Waals surface area (Å²) in [5, 5.41) is 91.1. The minimum Gasteiger partial charge on any atom is -0.467 e. The Kier molecular flexibility index (Phi) is 3.26. The van der Waals surface area contributed by atoms with Gasteiger partial charge in [-0.05, 0) is 344 Å². The molecule has 81 heavy (non-hydrogen) atoms. The number of hydrogen-bond donors (Lipinski definition) is 1. The fourth-order valence-corrected chi connectivity index (χ4v) is 26.9. The second kappa shape index (κ2) is 8.01. The van der Waals surface area contributed by atoms with Crippen molar-refractivity contribution in [3.63, 3.8) is 0 Å². The van der Waals surface area contributed by atoms with Crippen molar-refractivity contribution in [1.82, 2.24) is 5.32 Å². The van der Waals surface area contributed by atoms with Crippen LogP contribution in [0.25, 0.3) is 291 Å². The van der Waals surface area contributed by atoms with Gasteiger partial charge in [-0.2, -0.15) is 0 Å². The predicted molar refractivity (Wildman–Crippen MR) is 335 cm³/mol.